The largest absolute Gasteiger partial charge is 0.478 e. The summed E-state index contributed by atoms with van der Waals surface area (Å²) in [5.74, 6) is -1.27. The normalized spacial score (nSPS) is 12.1. The quantitative estimate of drug-likeness (QED) is 0.493. The summed E-state index contributed by atoms with van der Waals surface area (Å²) in [5, 5.41) is 8.31. The van der Waals surface area contributed by atoms with Crippen LogP contribution in [0.25, 0.3) is 0 Å². The maximum absolute atomic E-state index is 10.2. The van der Waals surface area contributed by atoms with E-state index in [9.17, 15) is 4.79 Å². The van der Waals surface area contributed by atoms with Gasteiger partial charge in [0, 0.05) is 0 Å². The van der Waals surface area contributed by atoms with E-state index in [1.165, 1.54) is 19.0 Å². The van der Waals surface area contributed by atoms with Crippen LogP contribution >= 0.6 is 23.2 Å². The molecule has 0 aromatic carbocycles. The van der Waals surface area contributed by atoms with Crippen molar-refractivity contribution in [1.29, 1.82) is 0 Å². The predicted molar refractivity (Wildman–Crippen MR) is 35.8 cm³/mol. The highest BCUT2D eigenvalue weighted by Gasteiger charge is 2.35. The van der Waals surface area contributed by atoms with Gasteiger partial charge in [0.2, 0.25) is 0 Å². The molecule has 9 heavy (non-hydrogen) atoms. The minimum Gasteiger partial charge on any atom is -0.478 e. The molecule has 0 fully saturated rings. The van der Waals surface area contributed by atoms with Crippen LogP contribution in [0.1, 0.15) is 0 Å². The average molecular weight is 172 g/mol. The molecule has 5 heteroatoms. The Hall–Kier alpha value is 0.01000. The third kappa shape index (κ3) is 2.01. The van der Waals surface area contributed by atoms with Crippen molar-refractivity contribution >= 4 is 29.2 Å². The van der Waals surface area contributed by atoms with E-state index in [1.807, 2.05) is 0 Å². The molecule has 3 nitrogen and oxygen atoms in total. The van der Waals surface area contributed by atoms with Crippen LogP contribution in [-0.4, -0.2) is 34.5 Å². The van der Waals surface area contributed by atoms with Crippen molar-refractivity contribution in [2.75, 3.05) is 14.1 Å². The molecule has 0 saturated carbocycles. The van der Waals surface area contributed by atoms with Crippen LogP contribution < -0.4 is 0 Å². The van der Waals surface area contributed by atoms with Gasteiger partial charge < -0.3 is 5.11 Å². The summed E-state index contributed by atoms with van der Waals surface area (Å²) in [6.45, 7) is 0. The van der Waals surface area contributed by atoms with E-state index in [0.29, 0.717) is 0 Å². The molecular formula is C4H7Cl2NO2. The lowest BCUT2D eigenvalue weighted by Crippen LogP contribution is -2.40. The number of hydrogen-bond acceptors (Lipinski definition) is 2. The molecular weight excluding hydrogens is 165 g/mol. The second-order valence-corrected chi connectivity index (χ2v) is 3.03. The number of carbonyl (C=O) groups is 1. The third-order valence-corrected chi connectivity index (χ3v) is 1.82. The van der Waals surface area contributed by atoms with Gasteiger partial charge in [-0.05, 0) is 14.1 Å². The van der Waals surface area contributed by atoms with Gasteiger partial charge in [0.05, 0.1) is 0 Å². The highest BCUT2D eigenvalue weighted by molar-refractivity contribution is 6.56. The second-order valence-electron chi connectivity index (χ2n) is 1.74. The van der Waals surface area contributed by atoms with Crippen LogP contribution in [0.15, 0.2) is 0 Å². The SMILES string of the molecule is CN(C)C(Cl)(Cl)C(=O)O. The van der Waals surface area contributed by atoms with E-state index in [-0.39, 0.29) is 0 Å². The minimum absolute atomic E-state index is 1.19. The van der Waals surface area contributed by atoms with Crippen LogP contribution in [0.4, 0.5) is 0 Å². The first-order valence-corrected chi connectivity index (χ1v) is 2.93. The molecule has 0 unspecified atom stereocenters. The first-order valence-electron chi connectivity index (χ1n) is 2.17. The maximum atomic E-state index is 10.2. The zero-order valence-electron chi connectivity index (χ0n) is 5.06. The van der Waals surface area contributed by atoms with Crippen molar-refractivity contribution < 1.29 is 9.90 Å². The lowest BCUT2D eigenvalue weighted by atomic mass is 10.6. The highest BCUT2D eigenvalue weighted by Crippen LogP contribution is 2.22. The Morgan fingerprint density at radius 2 is 1.89 bits per heavy atom. The number of carboxylic acid groups (broad SMARTS) is 1. The summed E-state index contributed by atoms with van der Waals surface area (Å²) in [4.78, 5) is 11.3. The van der Waals surface area contributed by atoms with Gasteiger partial charge in [-0.15, -0.1) is 0 Å². The van der Waals surface area contributed by atoms with Crippen molar-refractivity contribution in [2.24, 2.45) is 0 Å². The van der Waals surface area contributed by atoms with Crippen molar-refractivity contribution in [3.05, 3.63) is 0 Å². The van der Waals surface area contributed by atoms with Crippen LogP contribution in [0.2, 0.25) is 0 Å². The lowest BCUT2D eigenvalue weighted by Gasteiger charge is -2.21. The molecule has 0 aliphatic carbocycles. The molecule has 0 atom stereocenters. The van der Waals surface area contributed by atoms with Gasteiger partial charge in [0.1, 0.15) is 0 Å². The zero-order valence-corrected chi connectivity index (χ0v) is 6.57. The molecule has 0 amide bonds. The fourth-order valence-electron chi connectivity index (χ4n) is 0.191. The Bertz CT molecular complexity index is 124. The van der Waals surface area contributed by atoms with Gasteiger partial charge >= 0.3 is 5.97 Å². The van der Waals surface area contributed by atoms with Gasteiger partial charge in [-0.1, -0.05) is 23.2 Å². The van der Waals surface area contributed by atoms with Crippen LogP contribution in [0, 0.1) is 0 Å². The average Bonchev–Trinajstić information content (AvgIpc) is 1.65. The fraction of sp³-hybridized carbons (Fsp3) is 0.750. The molecule has 0 aromatic heterocycles. The summed E-state index contributed by atoms with van der Waals surface area (Å²) in [6, 6.07) is 0. The number of carboxylic acids is 1. The Kier molecular flexibility index (Phi) is 2.73. The number of halogens is 2. The Morgan fingerprint density at radius 1 is 1.56 bits per heavy atom. The molecule has 0 saturated heterocycles. The number of hydrogen-bond donors (Lipinski definition) is 1. The number of alkyl halides is 2. The first kappa shape index (κ1) is 9.01. The number of likely N-dealkylation sites (N-methyl/N-ethyl adjacent to an activating group) is 1. The van der Waals surface area contributed by atoms with Crippen LogP contribution in [-0.2, 0) is 4.79 Å². The summed E-state index contributed by atoms with van der Waals surface area (Å²) in [7, 11) is 2.96. The molecule has 0 aromatic rings. The molecule has 0 aliphatic heterocycles. The summed E-state index contributed by atoms with van der Waals surface area (Å²) < 4.78 is -1.81. The lowest BCUT2D eigenvalue weighted by molar-refractivity contribution is -0.141. The maximum Gasteiger partial charge on any atom is 0.355 e. The molecule has 0 bridgehead atoms. The van der Waals surface area contributed by atoms with Gasteiger partial charge in [-0.3, -0.25) is 4.90 Å². The van der Waals surface area contributed by atoms with Crippen molar-refractivity contribution in [3.8, 4) is 0 Å². The van der Waals surface area contributed by atoms with Crippen molar-refractivity contribution in [1.82, 2.24) is 4.90 Å². The van der Waals surface area contributed by atoms with Crippen molar-refractivity contribution in [2.45, 2.75) is 4.46 Å². The number of aliphatic carboxylic acids is 1. The molecule has 0 heterocycles. The second kappa shape index (κ2) is 2.73. The Balaban J connectivity index is 4.19. The molecule has 0 rings (SSSR count). The van der Waals surface area contributed by atoms with E-state index < -0.39 is 10.4 Å². The van der Waals surface area contributed by atoms with E-state index in [0.717, 1.165) is 0 Å². The Labute approximate surface area is 63.2 Å². The van der Waals surface area contributed by atoms with Crippen LogP contribution in [0.5, 0.6) is 0 Å². The van der Waals surface area contributed by atoms with Crippen molar-refractivity contribution in [3.63, 3.8) is 0 Å². The molecule has 0 spiro atoms. The summed E-state index contributed by atoms with van der Waals surface area (Å²) in [6.07, 6.45) is 0. The smallest absolute Gasteiger partial charge is 0.355 e. The Morgan fingerprint density at radius 3 is 1.89 bits per heavy atom. The van der Waals surface area contributed by atoms with E-state index in [1.54, 1.807) is 0 Å². The standard InChI is InChI=1S/C4H7Cl2NO2/c1-7(2)4(5,6)3(8)9/h1-2H3,(H,8,9). The zero-order chi connectivity index (χ0) is 7.65. The highest BCUT2D eigenvalue weighted by atomic mass is 35.5. The predicted octanol–water partition coefficient (Wildman–Crippen LogP) is 0.764. The summed E-state index contributed by atoms with van der Waals surface area (Å²) in [5.41, 5.74) is 0. The number of nitrogens with zero attached hydrogens (tertiary/aromatic N) is 1. The van der Waals surface area contributed by atoms with Gasteiger partial charge in [0.25, 0.3) is 4.46 Å². The topological polar surface area (TPSA) is 40.5 Å². The van der Waals surface area contributed by atoms with E-state index in [4.69, 9.17) is 28.3 Å². The number of rotatable bonds is 2. The monoisotopic (exact) mass is 171 g/mol. The molecule has 0 aliphatic rings. The molecule has 0 radical (unpaired) electrons. The van der Waals surface area contributed by atoms with Gasteiger partial charge in [-0.2, -0.15) is 0 Å². The fourth-order valence-corrected chi connectivity index (χ4v) is 0.191. The van der Waals surface area contributed by atoms with Crippen LogP contribution in [0.3, 0.4) is 0 Å². The molecule has 54 valence electrons. The first-order chi connectivity index (χ1) is 3.89. The van der Waals surface area contributed by atoms with E-state index in [2.05, 4.69) is 0 Å². The van der Waals surface area contributed by atoms with Gasteiger partial charge in [0.15, 0.2) is 0 Å². The summed E-state index contributed by atoms with van der Waals surface area (Å²) >= 11 is 10.6. The minimum atomic E-state index is -1.81. The third-order valence-electron chi connectivity index (χ3n) is 0.819. The van der Waals surface area contributed by atoms with Gasteiger partial charge in [-0.25, -0.2) is 4.79 Å². The molecule has 1 N–H and O–H groups in total. The van der Waals surface area contributed by atoms with E-state index >= 15 is 0 Å².